The maximum absolute atomic E-state index is 13.3. The molecule has 0 spiro atoms. The van der Waals surface area contributed by atoms with Gasteiger partial charge in [0.05, 0.1) is 27.7 Å². The third-order valence-corrected chi connectivity index (χ3v) is 6.45. The lowest BCUT2D eigenvalue weighted by Crippen LogP contribution is -2.10. The minimum Gasteiger partial charge on any atom is -0.383 e. The fourth-order valence-electron chi connectivity index (χ4n) is 3.63. The summed E-state index contributed by atoms with van der Waals surface area (Å²) in [6.07, 6.45) is -0.726. The van der Waals surface area contributed by atoms with E-state index >= 15 is 0 Å². The van der Waals surface area contributed by atoms with Gasteiger partial charge in [0.1, 0.15) is 5.82 Å². The molecule has 3 heterocycles. The van der Waals surface area contributed by atoms with Crippen LogP contribution in [0.25, 0.3) is 39.2 Å². The van der Waals surface area contributed by atoms with Crippen LogP contribution in [0.3, 0.4) is 0 Å². The molecule has 3 aromatic heterocycles. The fraction of sp³-hybridized carbons (Fsp3) is 0.0909. The summed E-state index contributed by atoms with van der Waals surface area (Å²) in [7, 11) is -3.37. The van der Waals surface area contributed by atoms with E-state index in [0.717, 1.165) is 12.3 Å². The summed E-state index contributed by atoms with van der Waals surface area (Å²) >= 11 is 0. The first-order chi connectivity index (χ1) is 16.0. The molecule has 0 aliphatic heterocycles. The Morgan fingerprint density at radius 1 is 0.882 bits per heavy atom. The zero-order valence-electron chi connectivity index (χ0n) is 17.4. The number of anilines is 1. The fourth-order valence-corrected chi connectivity index (χ4v) is 4.26. The number of nitrogen functional groups attached to an aromatic ring is 1. The van der Waals surface area contributed by atoms with Gasteiger partial charge >= 0.3 is 6.18 Å². The van der Waals surface area contributed by atoms with E-state index in [2.05, 4.69) is 20.2 Å². The van der Waals surface area contributed by atoms with Crippen molar-refractivity contribution in [2.45, 2.75) is 11.1 Å². The molecule has 172 valence electrons. The van der Waals surface area contributed by atoms with E-state index in [9.17, 15) is 21.6 Å². The molecule has 8 nitrogen and oxygen atoms in total. The van der Waals surface area contributed by atoms with Gasteiger partial charge < -0.3 is 5.73 Å². The van der Waals surface area contributed by atoms with Gasteiger partial charge in [0.2, 0.25) is 0 Å². The number of pyridine rings is 1. The largest absolute Gasteiger partial charge is 0.419 e. The first-order valence-corrected chi connectivity index (χ1v) is 11.7. The van der Waals surface area contributed by atoms with Crippen LogP contribution in [-0.2, 0) is 16.0 Å². The molecule has 5 aromatic rings. The van der Waals surface area contributed by atoms with Crippen LogP contribution in [0.4, 0.5) is 19.0 Å². The Morgan fingerprint density at radius 2 is 1.59 bits per heavy atom. The van der Waals surface area contributed by atoms with Crippen LogP contribution >= 0.6 is 0 Å². The summed E-state index contributed by atoms with van der Waals surface area (Å²) in [5, 5.41) is 8.35. The van der Waals surface area contributed by atoms with E-state index in [-0.39, 0.29) is 10.5 Å². The Bertz CT molecular complexity index is 1680. The molecule has 0 radical (unpaired) electrons. The van der Waals surface area contributed by atoms with Crippen molar-refractivity contribution in [1.82, 2.24) is 24.6 Å². The summed E-state index contributed by atoms with van der Waals surface area (Å²) in [4.78, 5) is 8.22. The third kappa shape index (κ3) is 3.71. The number of benzene rings is 2. The van der Waals surface area contributed by atoms with E-state index in [1.54, 1.807) is 34.7 Å². The van der Waals surface area contributed by atoms with Crippen molar-refractivity contribution in [2.75, 3.05) is 12.0 Å². The molecular formula is C22H15F3N6O2S. The van der Waals surface area contributed by atoms with Crippen LogP contribution < -0.4 is 5.73 Å². The lowest BCUT2D eigenvalue weighted by Gasteiger charge is -2.12. The second-order valence-corrected chi connectivity index (χ2v) is 9.65. The summed E-state index contributed by atoms with van der Waals surface area (Å²) < 4.78 is 65.2. The molecule has 0 fully saturated rings. The SMILES string of the molecule is CS(=O)(=O)c1ccc(-c2nnc3cnc4ccc(-c5cnc(N)c(C(F)(F)F)c5)cc4n23)cc1. The summed E-state index contributed by atoms with van der Waals surface area (Å²) in [6, 6.07) is 12.1. The van der Waals surface area contributed by atoms with Crippen LogP contribution in [0, 0.1) is 0 Å². The van der Waals surface area contributed by atoms with Gasteiger partial charge in [0.15, 0.2) is 21.3 Å². The molecule has 0 saturated heterocycles. The van der Waals surface area contributed by atoms with Crippen LogP contribution in [0.2, 0.25) is 0 Å². The van der Waals surface area contributed by atoms with Crippen molar-refractivity contribution in [1.29, 1.82) is 0 Å². The molecular weight excluding hydrogens is 469 g/mol. The van der Waals surface area contributed by atoms with E-state index in [1.807, 2.05) is 0 Å². The minimum absolute atomic E-state index is 0.162. The van der Waals surface area contributed by atoms with Crippen molar-refractivity contribution in [3.63, 3.8) is 0 Å². The lowest BCUT2D eigenvalue weighted by atomic mass is 10.0. The Labute approximate surface area is 190 Å². The second kappa shape index (κ2) is 7.48. The lowest BCUT2D eigenvalue weighted by molar-refractivity contribution is -0.137. The Morgan fingerprint density at radius 3 is 2.26 bits per heavy atom. The number of sulfone groups is 1. The first kappa shape index (κ1) is 21.8. The molecule has 0 saturated carbocycles. The predicted molar refractivity (Wildman–Crippen MR) is 119 cm³/mol. The number of hydrogen-bond acceptors (Lipinski definition) is 7. The zero-order valence-corrected chi connectivity index (χ0v) is 18.3. The van der Waals surface area contributed by atoms with Crippen LogP contribution in [0.15, 0.2) is 65.8 Å². The highest BCUT2D eigenvalue weighted by Crippen LogP contribution is 2.35. The Hall–Kier alpha value is -4.06. The second-order valence-electron chi connectivity index (χ2n) is 7.63. The van der Waals surface area contributed by atoms with Crippen LogP contribution in [0.1, 0.15) is 5.56 Å². The molecule has 0 aliphatic rings. The molecule has 0 amide bonds. The van der Waals surface area contributed by atoms with Crippen molar-refractivity contribution in [3.8, 4) is 22.5 Å². The van der Waals surface area contributed by atoms with Gasteiger partial charge in [-0.3, -0.25) is 9.38 Å². The van der Waals surface area contributed by atoms with Crippen molar-refractivity contribution in [2.24, 2.45) is 0 Å². The highest BCUT2D eigenvalue weighted by atomic mass is 32.2. The van der Waals surface area contributed by atoms with Gasteiger partial charge in [-0.25, -0.2) is 13.4 Å². The average Bonchev–Trinajstić information content (AvgIpc) is 3.22. The monoisotopic (exact) mass is 484 g/mol. The standard InChI is InChI=1S/C22H15F3N6O2S/c1-34(32,33)15-5-2-12(3-6-15)21-30-29-19-11-27-17-7-4-13(9-18(17)31(19)21)14-8-16(22(23,24)25)20(26)28-10-14/h2-11H,1H3,(H2,26,28). The Balaban J connectivity index is 1.70. The van der Waals surface area contributed by atoms with E-state index < -0.39 is 27.4 Å². The van der Waals surface area contributed by atoms with Crippen LogP contribution in [0.5, 0.6) is 0 Å². The smallest absolute Gasteiger partial charge is 0.383 e. The van der Waals surface area contributed by atoms with Gasteiger partial charge in [-0.2, -0.15) is 13.2 Å². The van der Waals surface area contributed by atoms with Gasteiger partial charge in [-0.15, -0.1) is 10.2 Å². The highest BCUT2D eigenvalue weighted by Gasteiger charge is 2.34. The topological polar surface area (TPSA) is 116 Å². The average molecular weight is 484 g/mol. The normalized spacial score (nSPS) is 12.5. The van der Waals surface area contributed by atoms with Crippen molar-refractivity contribution >= 4 is 32.3 Å². The third-order valence-electron chi connectivity index (χ3n) is 5.32. The van der Waals surface area contributed by atoms with E-state index in [0.29, 0.717) is 33.6 Å². The maximum Gasteiger partial charge on any atom is 0.419 e. The summed E-state index contributed by atoms with van der Waals surface area (Å²) in [6.45, 7) is 0. The predicted octanol–water partition coefficient (Wildman–Crippen LogP) is 4.01. The molecule has 5 rings (SSSR count). The zero-order chi connectivity index (χ0) is 24.3. The number of nitrogens with zero attached hydrogens (tertiary/aromatic N) is 5. The molecule has 0 atom stereocenters. The van der Waals surface area contributed by atoms with Crippen molar-refractivity contribution < 1.29 is 21.6 Å². The number of fused-ring (bicyclic) bond motifs is 3. The number of nitrogens with two attached hydrogens (primary N) is 1. The number of rotatable bonds is 3. The van der Waals surface area contributed by atoms with Gasteiger partial charge in [-0.1, -0.05) is 6.07 Å². The highest BCUT2D eigenvalue weighted by molar-refractivity contribution is 7.90. The van der Waals surface area contributed by atoms with Gasteiger partial charge in [-0.05, 0) is 48.0 Å². The van der Waals surface area contributed by atoms with E-state index in [4.69, 9.17) is 5.73 Å². The minimum atomic E-state index is -4.64. The number of halogens is 3. The summed E-state index contributed by atoms with van der Waals surface area (Å²) in [5.74, 6) is -0.175. The summed E-state index contributed by atoms with van der Waals surface area (Å²) in [5.41, 5.74) is 7.23. The van der Waals surface area contributed by atoms with E-state index in [1.165, 1.54) is 24.5 Å². The molecule has 0 unspecified atom stereocenters. The molecule has 34 heavy (non-hydrogen) atoms. The van der Waals surface area contributed by atoms with Crippen molar-refractivity contribution in [3.05, 3.63) is 66.5 Å². The van der Waals surface area contributed by atoms with Gasteiger partial charge in [0, 0.05) is 23.6 Å². The molecule has 0 aliphatic carbocycles. The number of aromatic nitrogens is 5. The Kier molecular flexibility index (Phi) is 4.79. The molecule has 2 aromatic carbocycles. The molecule has 0 bridgehead atoms. The quantitative estimate of drug-likeness (QED) is 0.411. The van der Waals surface area contributed by atoms with Gasteiger partial charge in [0.25, 0.3) is 0 Å². The van der Waals surface area contributed by atoms with Crippen LogP contribution in [-0.4, -0.2) is 39.2 Å². The molecule has 2 N–H and O–H groups in total. The first-order valence-electron chi connectivity index (χ1n) is 9.80. The maximum atomic E-state index is 13.3. The number of hydrogen-bond donors (Lipinski definition) is 1. The number of alkyl halides is 3. The molecule has 12 heteroatoms.